The number of ether oxygens (including phenoxy) is 1. The van der Waals surface area contributed by atoms with Crippen LogP contribution in [0.4, 0.5) is 0 Å². The van der Waals surface area contributed by atoms with Crippen LogP contribution in [0.2, 0.25) is 0 Å². The van der Waals surface area contributed by atoms with Crippen molar-refractivity contribution in [3.63, 3.8) is 0 Å². The first kappa shape index (κ1) is 38.8. The predicted octanol–water partition coefficient (Wildman–Crippen LogP) is 12.9. The van der Waals surface area contributed by atoms with Crippen LogP contribution in [0.15, 0.2) is 120 Å². The number of pyridine rings is 1. The van der Waals surface area contributed by atoms with Gasteiger partial charge in [0.25, 0.3) is 0 Å². The summed E-state index contributed by atoms with van der Waals surface area (Å²) in [7, 11) is 1.70. The third-order valence-electron chi connectivity index (χ3n) is 10.5. The first-order valence-corrected chi connectivity index (χ1v) is 19.0. The number of rotatable bonds is 8. The monoisotopic (exact) mass is 919 g/mol. The van der Waals surface area contributed by atoms with Crippen molar-refractivity contribution in [1.82, 2.24) is 14.5 Å². The Kier molecular flexibility index (Phi) is 10.6. The second kappa shape index (κ2) is 15.2. The number of imidazole rings is 1. The second-order valence-corrected chi connectivity index (χ2v) is 16.0. The number of aromatic nitrogens is 3. The van der Waals surface area contributed by atoms with Crippen molar-refractivity contribution < 1.29 is 35.3 Å². The standard InChI is InChI=1S/C49H46N3O3.Pt/c1-29(2)38-15-12-16-39(30(3)4)47(38)52-43-27-37(54-8)26-40(46(43)51-48(52)41-24-33-18-20-55-45(33)28-44(41)53)34-21-35(23-36(22-34)49(5,6)7)42-25-32(17-19-50-42)31-13-10-9-11-14-31;/h9-20,22-30,53H,1-8H3;/q-1;. The molecule has 3 heterocycles. The summed E-state index contributed by atoms with van der Waals surface area (Å²) in [5.74, 6) is 1.84. The maximum atomic E-state index is 11.7. The van der Waals surface area contributed by atoms with E-state index in [1.54, 1.807) is 19.4 Å². The third-order valence-corrected chi connectivity index (χ3v) is 10.5. The fourth-order valence-electron chi connectivity index (χ4n) is 7.50. The van der Waals surface area contributed by atoms with Crippen LogP contribution in [0.25, 0.3) is 72.6 Å². The molecule has 3 aromatic heterocycles. The Morgan fingerprint density at radius 3 is 2.16 bits per heavy atom. The van der Waals surface area contributed by atoms with Crippen molar-refractivity contribution >= 4 is 22.0 Å². The molecule has 0 aliphatic carbocycles. The van der Waals surface area contributed by atoms with E-state index < -0.39 is 0 Å². The second-order valence-electron chi connectivity index (χ2n) is 16.0. The van der Waals surface area contributed by atoms with Gasteiger partial charge in [-0.05, 0) is 63.8 Å². The Balaban J connectivity index is 0.00000480. The van der Waals surface area contributed by atoms with Crippen molar-refractivity contribution in [3.8, 4) is 62.1 Å². The van der Waals surface area contributed by atoms with E-state index >= 15 is 0 Å². The number of para-hydroxylation sites is 1. The van der Waals surface area contributed by atoms with Gasteiger partial charge in [-0.2, -0.15) is 0 Å². The zero-order valence-electron chi connectivity index (χ0n) is 33.0. The molecule has 8 aromatic rings. The quantitative estimate of drug-likeness (QED) is 0.154. The van der Waals surface area contributed by atoms with Gasteiger partial charge < -0.3 is 14.3 Å². The summed E-state index contributed by atoms with van der Waals surface area (Å²) in [5, 5.41) is 12.5. The number of benzene rings is 5. The van der Waals surface area contributed by atoms with Crippen molar-refractivity contribution in [1.29, 1.82) is 0 Å². The SMILES string of the molecule is COc1cc(-c2[c-]c(-c3cc(-c4ccccc4)ccn3)cc(C(C)(C)C)c2)c2nc(-c3cc4ccoc4cc3O)n(-c3c(C(C)C)cccc3C(C)C)c2c1.[Pt]. The zero-order chi connectivity index (χ0) is 38.6. The average molecular weight is 920 g/mol. The number of furan rings is 1. The summed E-state index contributed by atoms with van der Waals surface area (Å²) in [6.07, 6.45) is 3.51. The molecule has 5 aromatic carbocycles. The summed E-state index contributed by atoms with van der Waals surface area (Å²) in [5.41, 5.74) is 13.0. The maximum Gasteiger partial charge on any atom is 0.148 e. The first-order valence-electron chi connectivity index (χ1n) is 19.0. The minimum atomic E-state index is -0.174. The molecule has 0 saturated heterocycles. The van der Waals surface area contributed by atoms with Crippen molar-refractivity contribution in [2.75, 3.05) is 7.11 Å². The Labute approximate surface area is 343 Å². The van der Waals surface area contributed by atoms with E-state index in [9.17, 15) is 5.11 Å². The van der Waals surface area contributed by atoms with Gasteiger partial charge in [0.15, 0.2) is 0 Å². The van der Waals surface area contributed by atoms with Gasteiger partial charge in [-0.25, -0.2) is 4.98 Å². The van der Waals surface area contributed by atoms with Gasteiger partial charge in [0.2, 0.25) is 0 Å². The van der Waals surface area contributed by atoms with E-state index in [1.165, 1.54) is 11.1 Å². The minimum Gasteiger partial charge on any atom is -0.507 e. The topological polar surface area (TPSA) is 73.3 Å². The average Bonchev–Trinajstić information content (AvgIpc) is 3.80. The smallest absolute Gasteiger partial charge is 0.148 e. The molecule has 0 aliphatic rings. The van der Waals surface area contributed by atoms with Gasteiger partial charge >= 0.3 is 0 Å². The van der Waals surface area contributed by atoms with Crippen LogP contribution in [-0.2, 0) is 26.5 Å². The molecule has 8 rings (SSSR count). The number of methoxy groups -OCH3 is 1. The Hall–Kier alpha value is -5.45. The molecule has 0 atom stereocenters. The summed E-state index contributed by atoms with van der Waals surface area (Å²) in [6, 6.07) is 39.0. The summed E-state index contributed by atoms with van der Waals surface area (Å²) >= 11 is 0. The molecule has 1 N–H and O–H groups in total. The molecule has 0 aliphatic heterocycles. The molecule has 56 heavy (non-hydrogen) atoms. The van der Waals surface area contributed by atoms with Crippen LogP contribution in [0.3, 0.4) is 0 Å². The van der Waals surface area contributed by atoms with Crippen LogP contribution in [0.5, 0.6) is 11.5 Å². The molecule has 0 bridgehead atoms. The van der Waals surface area contributed by atoms with E-state index in [0.717, 1.165) is 61.2 Å². The molecule has 286 valence electrons. The van der Waals surface area contributed by atoms with Crippen LogP contribution in [-0.4, -0.2) is 26.8 Å². The number of nitrogens with zero attached hydrogens (tertiary/aromatic N) is 3. The maximum absolute atomic E-state index is 11.7. The largest absolute Gasteiger partial charge is 0.507 e. The summed E-state index contributed by atoms with van der Waals surface area (Å²) in [4.78, 5) is 10.4. The van der Waals surface area contributed by atoms with Crippen LogP contribution >= 0.6 is 0 Å². The van der Waals surface area contributed by atoms with E-state index in [2.05, 4.69) is 132 Å². The molecule has 0 amide bonds. The first-order chi connectivity index (χ1) is 26.4. The predicted molar refractivity (Wildman–Crippen MR) is 224 cm³/mol. The van der Waals surface area contributed by atoms with Gasteiger partial charge in [0.1, 0.15) is 22.9 Å². The van der Waals surface area contributed by atoms with E-state index in [0.29, 0.717) is 22.7 Å². The van der Waals surface area contributed by atoms with Crippen molar-refractivity contribution in [3.05, 3.63) is 138 Å². The molecule has 6 nitrogen and oxygen atoms in total. The van der Waals surface area contributed by atoms with Gasteiger partial charge in [-0.15, -0.1) is 29.3 Å². The molecular weight excluding hydrogens is 874 g/mol. The Morgan fingerprint density at radius 1 is 0.768 bits per heavy atom. The Bertz CT molecular complexity index is 2670. The molecule has 0 spiro atoms. The zero-order valence-corrected chi connectivity index (χ0v) is 35.3. The molecular formula is C49H46N3O3Pt-. The molecule has 0 saturated carbocycles. The van der Waals surface area contributed by atoms with Gasteiger partial charge in [-0.3, -0.25) is 9.55 Å². The van der Waals surface area contributed by atoms with Crippen LogP contribution in [0.1, 0.15) is 77.0 Å². The van der Waals surface area contributed by atoms with Gasteiger partial charge in [0.05, 0.1) is 35.7 Å². The van der Waals surface area contributed by atoms with Gasteiger partial charge in [0, 0.05) is 50.5 Å². The van der Waals surface area contributed by atoms with E-state index in [1.807, 2.05) is 30.5 Å². The van der Waals surface area contributed by atoms with E-state index in [4.69, 9.17) is 19.1 Å². The number of aromatic hydroxyl groups is 1. The number of phenolic OH excluding ortho intramolecular Hbond substituents is 1. The van der Waals surface area contributed by atoms with Crippen molar-refractivity contribution in [2.24, 2.45) is 0 Å². The van der Waals surface area contributed by atoms with Crippen LogP contribution in [0, 0.1) is 6.07 Å². The number of hydrogen-bond donors (Lipinski definition) is 1. The number of fused-ring (bicyclic) bond motifs is 2. The fourth-order valence-corrected chi connectivity index (χ4v) is 7.50. The molecule has 0 fully saturated rings. The molecule has 0 unspecified atom stereocenters. The third kappa shape index (κ3) is 7.08. The molecule has 7 heteroatoms. The Morgan fingerprint density at radius 2 is 1.48 bits per heavy atom. The fraction of sp³-hybridized carbons (Fsp3) is 0.224. The summed E-state index contributed by atoms with van der Waals surface area (Å²) < 4.78 is 14.0. The van der Waals surface area contributed by atoms with Crippen LogP contribution < -0.4 is 4.74 Å². The normalized spacial score (nSPS) is 11.8. The summed E-state index contributed by atoms with van der Waals surface area (Å²) in [6.45, 7) is 15.6. The van der Waals surface area contributed by atoms with E-state index in [-0.39, 0.29) is 44.1 Å². The van der Waals surface area contributed by atoms with Gasteiger partial charge in [-0.1, -0.05) is 114 Å². The molecule has 0 radical (unpaired) electrons. The number of hydrogen-bond acceptors (Lipinski definition) is 5. The van der Waals surface area contributed by atoms with Crippen molar-refractivity contribution in [2.45, 2.75) is 65.7 Å². The minimum absolute atomic E-state index is 0. The number of phenols is 1.